The monoisotopic (exact) mass is 238 g/mol. The zero-order valence-electron chi connectivity index (χ0n) is 10.3. The molecule has 1 aromatic rings. The minimum atomic E-state index is -0.895. The molecule has 4 nitrogen and oxygen atoms in total. The number of hydrogen-bond acceptors (Lipinski definition) is 4. The van der Waals surface area contributed by atoms with Crippen LogP contribution in [0.1, 0.15) is 18.9 Å². The van der Waals surface area contributed by atoms with E-state index in [0.29, 0.717) is 19.5 Å². The molecule has 0 saturated carbocycles. The first-order chi connectivity index (χ1) is 8.03. The van der Waals surface area contributed by atoms with Crippen molar-refractivity contribution in [1.82, 2.24) is 5.06 Å². The lowest BCUT2D eigenvalue weighted by atomic mass is 10.0. The second kappa shape index (κ2) is 6.71. The SMILES string of the molecule is CC(O)(CN)CCN(O)CCc1ccccc1. The van der Waals surface area contributed by atoms with E-state index in [0.717, 1.165) is 6.42 Å². The second-order valence-electron chi connectivity index (χ2n) is 4.64. The summed E-state index contributed by atoms with van der Waals surface area (Å²) in [4.78, 5) is 0. The van der Waals surface area contributed by atoms with Gasteiger partial charge in [-0.15, -0.1) is 0 Å². The van der Waals surface area contributed by atoms with Crippen molar-refractivity contribution in [1.29, 1.82) is 0 Å². The van der Waals surface area contributed by atoms with Crippen LogP contribution in [0.5, 0.6) is 0 Å². The minimum Gasteiger partial charge on any atom is -0.389 e. The van der Waals surface area contributed by atoms with Crippen molar-refractivity contribution in [3.8, 4) is 0 Å². The van der Waals surface area contributed by atoms with Gasteiger partial charge in [0, 0.05) is 19.6 Å². The van der Waals surface area contributed by atoms with Crippen LogP contribution >= 0.6 is 0 Å². The van der Waals surface area contributed by atoms with Gasteiger partial charge in [-0.05, 0) is 25.3 Å². The molecule has 4 N–H and O–H groups in total. The summed E-state index contributed by atoms with van der Waals surface area (Å²) in [5, 5.41) is 20.6. The maximum absolute atomic E-state index is 9.69. The highest BCUT2D eigenvalue weighted by molar-refractivity contribution is 5.14. The number of benzene rings is 1. The molecule has 0 aromatic heterocycles. The molecule has 0 spiro atoms. The van der Waals surface area contributed by atoms with Gasteiger partial charge in [0.05, 0.1) is 5.60 Å². The molecule has 1 atom stereocenters. The Morgan fingerprint density at radius 2 is 1.88 bits per heavy atom. The van der Waals surface area contributed by atoms with E-state index >= 15 is 0 Å². The number of nitrogens with zero attached hydrogens (tertiary/aromatic N) is 1. The highest BCUT2D eigenvalue weighted by Crippen LogP contribution is 2.08. The fraction of sp³-hybridized carbons (Fsp3) is 0.538. The van der Waals surface area contributed by atoms with E-state index in [4.69, 9.17) is 5.73 Å². The molecule has 0 bridgehead atoms. The van der Waals surface area contributed by atoms with Gasteiger partial charge in [0.15, 0.2) is 0 Å². The number of aliphatic hydroxyl groups is 1. The van der Waals surface area contributed by atoms with Crippen LogP contribution in [0.2, 0.25) is 0 Å². The Morgan fingerprint density at radius 1 is 1.24 bits per heavy atom. The average molecular weight is 238 g/mol. The predicted molar refractivity (Wildman–Crippen MR) is 67.8 cm³/mol. The molecule has 0 saturated heterocycles. The third kappa shape index (κ3) is 5.79. The summed E-state index contributed by atoms with van der Waals surface area (Å²) in [7, 11) is 0. The third-order valence-electron chi connectivity index (χ3n) is 2.85. The molecule has 0 aliphatic rings. The van der Waals surface area contributed by atoms with Crippen molar-refractivity contribution in [2.24, 2.45) is 5.73 Å². The summed E-state index contributed by atoms with van der Waals surface area (Å²) in [6.07, 6.45) is 1.26. The van der Waals surface area contributed by atoms with Gasteiger partial charge in [-0.3, -0.25) is 0 Å². The fourth-order valence-corrected chi connectivity index (χ4v) is 1.49. The Labute approximate surface area is 103 Å². The second-order valence-corrected chi connectivity index (χ2v) is 4.64. The van der Waals surface area contributed by atoms with Gasteiger partial charge in [-0.2, -0.15) is 5.06 Å². The van der Waals surface area contributed by atoms with Crippen molar-refractivity contribution in [3.05, 3.63) is 35.9 Å². The molecular weight excluding hydrogens is 216 g/mol. The first-order valence-electron chi connectivity index (χ1n) is 5.94. The van der Waals surface area contributed by atoms with Gasteiger partial charge in [-0.1, -0.05) is 30.3 Å². The van der Waals surface area contributed by atoms with Crippen molar-refractivity contribution < 1.29 is 10.3 Å². The van der Waals surface area contributed by atoms with E-state index < -0.39 is 5.60 Å². The van der Waals surface area contributed by atoms with Gasteiger partial charge in [0.2, 0.25) is 0 Å². The van der Waals surface area contributed by atoms with Gasteiger partial charge in [0.1, 0.15) is 0 Å². The molecule has 0 aliphatic heterocycles. The first kappa shape index (κ1) is 14.1. The highest BCUT2D eigenvalue weighted by atomic mass is 16.5. The molecular formula is C13H22N2O2. The lowest BCUT2D eigenvalue weighted by Gasteiger charge is -2.23. The van der Waals surface area contributed by atoms with Crippen LogP contribution in [0.15, 0.2) is 30.3 Å². The first-order valence-corrected chi connectivity index (χ1v) is 5.94. The smallest absolute Gasteiger partial charge is 0.0754 e. The standard InChI is InChI=1S/C13H22N2O2/c1-13(16,11-14)8-10-15(17)9-7-12-5-3-2-4-6-12/h2-6,16-17H,7-11,14H2,1H3. The van der Waals surface area contributed by atoms with E-state index in [9.17, 15) is 10.3 Å². The van der Waals surface area contributed by atoms with Crippen LogP contribution in [-0.4, -0.2) is 40.6 Å². The maximum Gasteiger partial charge on any atom is 0.0754 e. The molecule has 4 heteroatoms. The zero-order valence-corrected chi connectivity index (χ0v) is 10.3. The number of rotatable bonds is 7. The number of hydroxylamine groups is 2. The molecule has 0 amide bonds. The topological polar surface area (TPSA) is 69.7 Å². The van der Waals surface area contributed by atoms with Crippen molar-refractivity contribution in [2.45, 2.75) is 25.4 Å². The van der Waals surface area contributed by atoms with E-state index in [1.807, 2.05) is 30.3 Å². The van der Waals surface area contributed by atoms with Crippen molar-refractivity contribution in [2.75, 3.05) is 19.6 Å². The number of hydrogen-bond donors (Lipinski definition) is 3. The van der Waals surface area contributed by atoms with E-state index in [-0.39, 0.29) is 6.54 Å². The largest absolute Gasteiger partial charge is 0.389 e. The molecule has 0 heterocycles. The van der Waals surface area contributed by atoms with Crippen LogP contribution in [0, 0.1) is 0 Å². The Balaban J connectivity index is 2.24. The molecule has 96 valence electrons. The Bertz CT molecular complexity index is 314. The average Bonchev–Trinajstić information content (AvgIpc) is 2.35. The van der Waals surface area contributed by atoms with Crippen LogP contribution in [-0.2, 0) is 6.42 Å². The van der Waals surface area contributed by atoms with Gasteiger partial charge >= 0.3 is 0 Å². The summed E-state index contributed by atoms with van der Waals surface area (Å²) in [5.41, 5.74) is 5.70. The van der Waals surface area contributed by atoms with Crippen molar-refractivity contribution in [3.63, 3.8) is 0 Å². The fourth-order valence-electron chi connectivity index (χ4n) is 1.49. The molecule has 1 unspecified atom stereocenters. The van der Waals surface area contributed by atoms with Crippen LogP contribution in [0.25, 0.3) is 0 Å². The molecule has 17 heavy (non-hydrogen) atoms. The predicted octanol–water partition coefficient (Wildman–Crippen LogP) is 1.02. The summed E-state index contributed by atoms with van der Waals surface area (Å²) >= 11 is 0. The van der Waals surface area contributed by atoms with E-state index in [2.05, 4.69) is 0 Å². The van der Waals surface area contributed by atoms with Gasteiger partial charge in [0.25, 0.3) is 0 Å². The maximum atomic E-state index is 9.69. The molecule has 0 aliphatic carbocycles. The minimum absolute atomic E-state index is 0.208. The molecule has 1 rings (SSSR count). The lowest BCUT2D eigenvalue weighted by Crippen LogP contribution is -2.38. The van der Waals surface area contributed by atoms with Crippen LogP contribution in [0.3, 0.4) is 0 Å². The molecule has 0 radical (unpaired) electrons. The summed E-state index contributed by atoms with van der Waals surface area (Å²) in [5.74, 6) is 0. The van der Waals surface area contributed by atoms with Crippen molar-refractivity contribution >= 4 is 0 Å². The Morgan fingerprint density at radius 3 is 2.47 bits per heavy atom. The van der Waals surface area contributed by atoms with Gasteiger partial charge in [-0.25, -0.2) is 0 Å². The summed E-state index contributed by atoms with van der Waals surface area (Å²) < 4.78 is 0. The molecule has 1 aromatic carbocycles. The summed E-state index contributed by atoms with van der Waals surface area (Å²) in [6.45, 7) is 2.87. The van der Waals surface area contributed by atoms with Crippen LogP contribution in [0.4, 0.5) is 0 Å². The molecule has 0 fully saturated rings. The Hall–Kier alpha value is -0.940. The highest BCUT2D eigenvalue weighted by Gasteiger charge is 2.18. The van der Waals surface area contributed by atoms with E-state index in [1.54, 1.807) is 6.92 Å². The normalized spacial score (nSPS) is 14.9. The number of nitrogens with two attached hydrogens (primary N) is 1. The van der Waals surface area contributed by atoms with Gasteiger partial charge < -0.3 is 16.0 Å². The quantitative estimate of drug-likeness (QED) is 0.620. The van der Waals surface area contributed by atoms with Crippen LogP contribution < -0.4 is 5.73 Å². The zero-order chi connectivity index (χ0) is 12.7. The third-order valence-corrected chi connectivity index (χ3v) is 2.85. The van der Waals surface area contributed by atoms with E-state index in [1.165, 1.54) is 10.6 Å². The summed E-state index contributed by atoms with van der Waals surface area (Å²) in [6, 6.07) is 10.00. The lowest BCUT2D eigenvalue weighted by molar-refractivity contribution is -0.103. The Kier molecular flexibility index (Phi) is 5.58.